The highest BCUT2D eigenvalue weighted by molar-refractivity contribution is 7.15. The van der Waals surface area contributed by atoms with Crippen LogP contribution in [0.5, 0.6) is 17.2 Å². The molecule has 2 aromatic carbocycles. The van der Waals surface area contributed by atoms with Gasteiger partial charge in [-0.3, -0.25) is 10.1 Å². The van der Waals surface area contributed by atoms with E-state index in [1.807, 2.05) is 35.7 Å². The number of anilines is 1. The molecule has 0 aliphatic heterocycles. The van der Waals surface area contributed by atoms with Crippen LogP contribution in [0, 0.1) is 0 Å². The molecule has 154 valence electrons. The molecule has 0 fully saturated rings. The van der Waals surface area contributed by atoms with E-state index in [2.05, 4.69) is 15.4 Å². The topological polar surface area (TPSA) is 87.0 Å². The van der Waals surface area contributed by atoms with Crippen molar-refractivity contribution < 1.29 is 19.0 Å². The van der Waals surface area contributed by atoms with Crippen LogP contribution >= 0.6 is 11.3 Å². The number of ether oxygens (including phenoxy) is 3. The number of benzene rings is 2. The fourth-order valence-electron chi connectivity index (χ4n) is 3.12. The molecule has 4 rings (SSSR count). The number of para-hydroxylation sites is 1. The molecule has 2 aromatic heterocycles. The minimum atomic E-state index is -0.223. The van der Waals surface area contributed by atoms with Crippen LogP contribution in [0.2, 0.25) is 0 Å². The Balaban J connectivity index is 1.54. The highest BCUT2D eigenvalue weighted by atomic mass is 32.1. The smallest absolute Gasteiger partial charge is 0.250 e. The van der Waals surface area contributed by atoms with Crippen molar-refractivity contribution >= 4 is 28.2 Å². The molecule has 0 aliphatic rings. The van der Waals surface area contributed by atoms with Gasteiger partial charge in [-0.15, -0.1) is 16.4 Å². The molecular weight excluding hydrogens is 404 g/mol. The van der Waals surface area contributed by atoms with Crippen molar-refractivity contribution in [2.75, 3.05) is 26.6 Å². The summed E-state index contributed by atoms with van der Waals surface area (Å²) in [5, 5.41) is 9.17. The summed E-state index contributed by atoms with van der Waals surface area (Å²) >= 11 is 1.44. The van der Waals surface area contributed by atoms with Crippen LogP contribution in [0.25, 0.3) is 16.2 Å². The third-order valence-corrected chi connectivity index (χ3v) is 5.34. The van der Waals surface area contributed by atoms with Gasteiger partial charge in [0.15, 0.2) is 11.5 Å². The Hall–Kier alpha value is -3.59. The van der Waals surface area contributed by atoms with E-state index in [1.54, 1.807) is 38.0 Å². The monoisotopic (exact) mass is 424 g/mol. The number of rotatable bonds is 7. The Morgan fingerprint density at radius 3 is 2.57 bits per heavy atom. The first kappa shape index (κ1) is 19.7. The molecule has 0 atom stereocenters. The Bertz CT molecular complexity index is 1200. The summed E-state index contributed by atoms with van der Waals surface area (Å²) in [5.74, 6) is 1.96. The highest BCUT2D eigenvalue weighted by Gasteiger charge is 2.16. The number of fused-ring (bicyclic) bond motifs is 1. The third-order valence-electron chi connectivity index (χ3n) is 4.53. The average Bonchev–Trinajstić information content (AvgIpc) is 3.33. The standard InChI is InChI=1S/C21H20N4O4S/c1-27-16-7-5-4-6-14(16)15-12-30-21-23-20(24-25(15)21)22-19(26)11-13-8-9-17(28-2)18(10-13)29-3/h4-10,12H,11H2,1-3H3,(H,22,24,26). The second-order valence-corrected chi connectivity index (χ2v) is 7.20. The number of carbonyl (C=O) groups excluding carboxylic acids is 1. The van der Waals surface area contributed by atoms with E-state index in [0.717, 1.165) is 22.6 Å². The van der Waals surface area contributed by atoms with Gasteiger partial charge in [0.2, 0.25) is 16.8 Å². The molecule has 1 N–H and O–H groups in total. The van der Waals surface area contributed by atoms with Crippen LogP contribution in [0.3, 0.4) is 0 Å². The lowest BCUT2D eigenvalue weighted by atomic mass is 10.1. The van der Waals surface area contributed by atoms with E-state index in [1.165, 1.54) is 11.3 Å². The summed E-state index contributed by atoms with van der Waals surface area (Å²) < 4.78 is 17.7. The van der Waals surface area contributed by atoms with E-state index in [-0.39, 0.29) is 18.3 Å². The summed E-state index contributed by atoms with van der Waals surface area (Å²) in [4.78, 5) is 17.6. The molecule has 2 heterocycles. The van der Waals surface area contributed by atoms with Crippen molar-refractivity contribution in [3.8, 4) is 28.5 Å². The van der Waals surface area contributed by atoms with E-state index in [9.17, 15) is 4.79 Å². The predicted molar refractivity (Wildman–Crippen MR) is 115 cm³/mol. The van der Waals surface area contributed by atoms with Crippen LogP contribution < -0.4 is 19.5 Å². The van der Waals surface area contributed by atoms with Crippen molar-refractivity contribution in [1.29, 1.82) is 0 Å². The van der Waals surface area contributed by atoms with E-state index >= 15 is 0 Å². The van der Waals surface area contributed by atoms with Gasteiger partial charge in [-0.1, -0.05) is 18.2 Å². The molecule has 0 aliphatic carbocycles. The first-order valence-corrected chi connectivity index (χ1v) is 9.99. The Morgan fingerprint density at radius 1 is 1.03 bits per heavy atom. The zero-order chi connectivity index (χ0) is 21.1. The van der Waals surface area contributed by atoms with E-state index < -0.39 is 0 Å². The number of aromatic nitrogens is 3. The van der Waals surface area contributed by atoms with Gasteiger partial charge in [0.05, 0.1) is 33.4 Å². The van der Waals surface area contributed by atoms with Gasteiger partial charge in [0.1, 0.15) is 5.75 Å². The number of nitrogens with one attached hydrogen (secondary N) is 1. The van der Waals surface area contributed by atoms with Gasteiger partial charge in [0.25, 0.3) is 0 Å². The van der Waals surface area contributed by atoms with Gasteiger partial charge < -0.3 is 14.2 Å². The lowest BCUT2D eigenvalue weighted by molar-refractivity contribution is -0.115. The van der Waals surface area contributed by atoms with Crippen LogP contribution in [-0.2, 0) is 11.2 Å². The van der Waals surface area contributed by atoms with Crippen molar-refractivity contribution in [3.05, 3.63) is 53.4 Å². The normalized spacial score (nSPS) is 10.8. The van der Waals surface area contributed by atoms with Crippen LogP contribution in [-0.4, -0.2) is 41.8 Å². The van der Waals surface area contributed by atoms with E-state index in [0.29, 0.717) is 16.5 Å². The minimum Gasteiger partial charge on any atom is -0.496 e. The lowest BCUT2D eigenvalue weighted by Gasteiger charge is -2.09. The number of methoxy groups -OCH3 is 3. The SMILES string of the molecule is COc1ccc(CC(=O)Nc2nc3scc(-c4ccccc4OC)n3n2)cc1OC. The summed E-state index contributed by atoms with van der Waals surface area (Å²) in [6, 6.07) is 13.1. The fraction of sp³-hybridized carbons (Fsp3) is 0.190. The first-order chi connectivity index (χ1) is 14.6. The van der Waals surface area contributed by atoms with Gasteiger partial charge >= 0.3 is 0 Å². The van der Waals surface area contributed by atoms with Gasteiger partial charge in [-0.25, -0.2) is 4.52 Å². The Kier molecular flexibility index (Phi) is 5.53. The number of thiazole rings is 1. The summed E-state index contributed by atoms with van der Waals surface area (Å²) in [6.45, 7) is 0. The molecule has 0 unspecified atom stereocenters. The van der Waals surface area contributed by atoms with Gasteiger partial charge in [-0.05, 0) is 29.8 Å². The maximum Gasteiger partial charge on any atom is 0.250 e. The molecule has 0 spiro atoms. The van der Waals surface area contributed by atoms with Crippen molar-refractivity contribution in [1.82, 2.24) is 14.6 Å². The Morgan fingerprint density at radius 2 is 1.80 bits per heavy atom. The molecular formula is C21H20N4O4S. The number of nitrogens with zero attached hydrogens (tertiary/aromatic N) is 3. The van der Waals surface area contributed by atoms with Crippen molar-refractivity contribution in [2.45, 2.75) is 6.42 Å². The lowest BCUT2D eigenvalue weighted by Crippen LogP contribution is -2.15. The van der Waals surface area contributed by atoms with E-state index in [4.69, 9.17) is 14.2 Å². The highest BCUT2D eigenvalue weighted by Crippen LogP contribution is 2.32. The molecule has 30 heavy (non-hydrogen) atoms. The zero-order valence-corrected chi connectivity index (χ0v) is 17.5. The largest absolute Gasteiger partial charge is 0.496 e. The molecule has 0 saturated carbocycles. The number of hydrogen-bond acceptors (Lipinski definition) is 7. The maximum absolute atomic E-state index is 12.5. The van der Waals surface area contributed by atoms with Crippen LogP contribution in [0.1, 0.15) is 5.56 Å². The quantitative estimate of drug-likeness (QED) is 0.487. The number of hydrogen-bond donors (Lipinski definition) is 1. The predicted octanol–water partition coefficient (Wildman–Crippen LogP) is 3.66. The minimum absolute atomic E-state index is 0.159. The average molecular weight is 424 g/mol. The number of carbonyl (C=O) groups is 1. The summed E-state index contributed by atoms with van der Waals surface area (Å²) in [5.41, 5.74) is 2.54. The second kappa shape index (κ2) is 8.42. The van der Waals surface area contributed by atoms with Crippen LogP contribution in [0.15, 0.2) is 47.8 Å². The third kappa shape index (κ3) is 3.79. The first-order valence-electron chi connectivity index (χ1n) is 9.11. The molecule has 0 radical (unpaired) electrons. The van der Waals surface area contributed by atoms with Crippen molar-refractivity contribution in [2.24, 2.45) is 0 Å². The fourth-order valence-corrected chi connectivity index (χ4v) is 3.94. The molecule has 1 amide bonds. The number of amides is 1. The second-order valence-electron chi connectivity index (χ2n) is 6.37. The molecule has 0 bridgehead atoms. The molecule has 0 saturated heterocycles. The summed E-state index contributed by atoms with van der Waals surface area (Å²) in [7, 11) is 4.76. The molecule has 9 heteroatoms. The molecule has 8 nitrogen and oxygen atoms in total. The maximum atomic E-state index is 12.5. The zero-order valence-electron chi connectivity index (χ0n) is 16.7. The summed E-state index contributed by atoms with van der Waals surface area (Å²) in [6.07, 6.45) is 0.159. The molecule has 4 aromatic rings. The Labute approximate surface area is 177 Å². The van der Waals surface area contributed by atoms with Gasteiger partial charge in [0, 0.05) is 10.9 Å². The van der Waals surface area contributed by atoms with Crippen molar-refractivity contribution in [3.63, 3.8) is 0 Å². The van der Waals surface area contributed by atoms with Gasteiger partial charge in [-0.2, -0.15) is 4.98 Å². The van der Waals surface area contributed by atoms with Crippen LogP contribution in [0.4, 0.5) is 5.95 Å².